The zero-order chi connectivity index (χ0) is 9.26. The maximum atomic E-state index is 5.92. The molecule has 2 N–H and O–H groups in total. The number of rotatable bonds is 2. The molecule has 68 valence electrons. The number of nitrogens with two attached hydrogens (primary N) is 1. The molecule has 0 radical (unpaired) electrons. The van der Waals surface area contributed by atoms with Crippen LogP contribution in [0.15, 0.2) is 39.6 Å². The van der Waals surface area contributed by atoms with E-state index in [4.69, 9.17) is 14.6 Å². The van der Waals surface area contributed by atoms with Crippen LogP contribution in [0, 0.1) is 6.92 Å². The molecule has 0 fully saturated rings. The molecule has 1 atom stereocenters. The van der Waals surface area contributed by atoms with Gasteiger partial charge in [-0.05, 0) is 25.1 Å². The van der Waals surface area contributed by atoms with Gasteiger partial charge in [-0.1, -0.05) is 0 Å². The van der Waals surface area contributed by atoms with Gasteiger partial charge >= 0.3 is 0 Å². The van der Waals surface area contributed by atoms with Crippen molar-refractivity contribution >= 4 is 0 Å². The summed E-state index contributed by atoms with van der Waals surface area (Å²) < 4.78 is 10.4. The maximum absolute atomic E-state index is 5.92. The molecule has 3 nitrogen and oxygen atoms in total. The van der Waals surface area contributed by atoms with E-state index in [1.165, 1.54) is 0 Å². The van der Waals surface area contributed by atoms with Gasteiger partial charge in [0.2, 0.25) is 0 Å². The van der Waals surface area contributed by atoms with Crippen molar-refractivity contribution in [3.8, 4) is 0 Å². The minimum absolute atomic E-state index is 0.229. The minimum atomic E-state index is -0.229. The molecule has 2 aromatic heterocycles. The van der Waals surface area contributed by atoms with Gasteiger partial charge in [-0.2, -0.15) is 0 Å². The fraction of sp³-hybridized carbons (Fsp3) is 0.200. The van der Waals surface area contributed by atoms with Crippen molar-refractivity contribution in [1.82, 2.24) is 0 Å². The van der Waals surface area contributed by atoms with Crippen LogP contribution in [-0.2, 0) is 0 Å². The van der Waals surface area contributed by atoms with Crippen LogP contribution in [0.25, 0.3) is 0 Å². The highest BCUT2D eigenvalue weighted by atomic mass is 16.3. The van der Waals surface area contributed by atoms with Crippen molar-refractivity contribution in [2.24, 2.45) is 5.73 Å². The normalized spacial score (nSPS) is 13.1. The lowest BCUT2D eigenvalue weighted by molar-refractivity contribution is 0.484. The molecular formula is C10H11NO2. The van der Waals surface area contributed by atoms with E-state index in [1.54, 1.807) is 12.5 Å². The molecule has 3 heteroatoms. The Kier molecular flexibility index (Phi) is 1.94. The first kappa shape index (κ1) is 8.13. The Bertz CT molecular complexity index is 375. The molecule has 0 aliphatic carbocycles. The molecule has 0 aromatic carbocycles. The SMILES string of the molecule is Cc1cc(C(N)c2ccco2)co1. The summed E-state index contributed by atoms with van der Waals surface area (Å²) in [4.78, 5) is 0. The van der Waals surface area contributed by atoms with Crippen LogP contribution in [0.2, 0.25) is 0 Å². The number of hydrogen-bond donors (Lipinski definition) is 1. The predicted octanol–water partition coefficient (Wildman–Crippen LogP) is 2.23. The summed E-state index contributed by atoms with van der Waals surface area (Å²) in [5.41, 5.74) is 6.86. The summed E-state index contributed by atoms with van der Waals surface area (Å²) in [6.07, 6.45) is 3.27. The maximum Gasteiger partial charge on any atom is 0.125 e. The first-order valence-electron chi connectivity index (χ1n) is 4.11. The third kappa shape index (κ3) is 1.51. The van der Waals surface area contributed by atoms with Crippen molar-refractivity contribution in [2.45, 2.75) is 13.0 Å². The molecule has 0 aliphatic rings. The first-order valence-corrected chi connectivity index (χ1v) is 4.11. The second-order valence-corrected chi connectivity index (χ2v) is 2.98. The van der Waals surface area contributed by atoms with Gasteiger partial charge in [0, 0.05) is 5.56 Å². The monoisotopic (exact) mass is 177 g/mol. The molecule has 0 saturated carbocycles. The molecule has 13 heavy (non-hydrogen) atoms. The zero-order valence-corrected chi connectivity index (χ0v) is 7.36. The van der Waals surface area contributed by atoms with E-state index in [-0.39, 0.29) is 6.04 Å². The van der Waals surface area contributed by atoms with Crippen molar-refractivity contribution < 1.29 is 8.83 Å². The summed E-state index contributed by atoms with van der Waals surface area (Å²) >= 11 is 0. The molecule has 2 rings (SSSR count). The molecule has 0 saturated heterocycles. The third-order valence-electron chi connectivity index (χ3n) is 1.96. The zero-order valence-electron chi connectivity index (χ0n) is 7.36. The average molecular weight is 177 g/mol. The van der Waals surface area contributed by atoms with Gasteiger partial charge in [0.1, 0.15) is 11.5 Å². The van der Waals surface area contributed by atoms with Crippen LogP contribution < -0.4 is 5.73 Å². The second kappa shape index (κ2) is 3.11. The fourth-order valence-electron chi connectivity index (χ4n) is 1.26. The van der Waals surface area contributed by atoms with Gasteiger partial charge in [0.15, 0.2) is 0 Å². The average Bonchev–Trinajstić information content (AvgIpc) is 2.72. The molecule has 2 aromatic rings. The van der Waals surface area contributed by atoms with Gasteiger partial charge in [0.05, 0.1) is 18.6 Å². The Morgan fingerprint density at radius 3 is 2.77 bits per heavy atom. The summed E-state index contributed by atoms with van der Waals surface area (Å²) in [7, 11) is 0. The molecular weight excluding hydrogens is 166 g/mol. The van der Waals surface area contributed by atoms with E-state index in [0.29, 0.717) is 0 Å². The van der Waals surface area contributed by atoms with E-state index in [9.17, 15) is 0 Å². The van der Waals surface area contributed by atoms with Crippen molar-refractivity contribution in [2.75, 3.05) is 0 Å². The van der Waals surface area contributed by atoms with Crippen molar-refractivity contribution in [1.29, 1.82) is 0 Å². The van der Waals surface area contributed by atoms with Crippen molar-refractivity contribution in [3.05, 3.63) is 47.8 Å². The first-order chi connectivity index (χ1) is 6.27. The van der Waals surface area contributed by atoms with Gasteiger partial charge in [-0.25, -0.2) is 0 Å². The molecule has 0 amide bonds. The standard InChI is InChI=1S/C10H11NO2/c1-7-5-8(6-13-7)10(11)9-3-2-4-12-9/h2-6,10H,11H2,1H3. The summed E-state index contributed by atoms with van der Waals surface area (Å²) in [6, 6.07) is 5.36. The molecule has 1 unspecified atom stereocenters. The summed E-state index contributed by atoms with van der Waals surface area (Å²) in [5.74, 6) is 1.61. The van der Waals surface area contributed by atoms with Crippen LogP contribution in [0.3, 0.4) is 0 Å². The Morgan fingerprint density at radius 2 is 2.23 bits per heavy atom. The highest BCUT2D eigenvalue weighted by molar-refractivity contribution is 5.23. The van der Waals surface area contributed by atoms with Crippen LogP contribution in [0.1, 0.15) is 23.1 Å². The van der Waals surface area contributed by atoms with E-state index < -0.39 is 0 Å². The molecule has 0 bridgehead atoms. The Hall–Kier alpha value is -1.48. The predicted molar refractivity (Wildman–Crippen MR) is 48.2 cm³/mol. The van der Waals surface area contributed by atoms with Gasteiger partial charge in [-0.3, -0.25) is 0 Å². The molecule has 2 heterocycles. The molecule has 0 spiro atoms. The highest BCUT2D eigenvalue weighted by Crippen LogP contribution is 2.21. The van der Waals surface area contributed by atoms with E-state index in [1.807, 2.05) is 25.1 Å². The Morgan fingerprint density at radius 1 is 1.38 bits per heavy atom. The van der Waals surface area contributed by atoms with Crippen LogP contribution in [0.5, 0.6) is 0 Å². The minimum Gasteiger partial charge on any atom is -0.469 e. The van der Waals surface area contributed by atoms with Gasteiger partial charge in [0.25, 0.3) is 0 Å². The summed E-state index contributed by atoms with van der Waals surface area (Å²) in [5, 5.41) is 0. The topological polar surface area (TPSA) is 52.3 Å². The van der Waals surface area contributed by atoms with E-state index in [2.05, 4.69) is 0 Å². The third-order valence-corrected chi connectivity index (χ3v) is 1.96. The second-order valence-electron chi connectivity index (χ2n) is 2.98. The number of hydrogen-bond acceptors (Lipinski definition) is 3. The van der Waals surface area contributed by atoms with E-state index >= 15 is 0 Å². The highest BCUT2D eigenvalue weighted by Gasteiger charge is 2.13. The molecule has 0 aliphatic heterocycles. The lowest BCUT2D eigenvalue weighted by Gasteiger charge is -2.03. The van der Waals surface area contributed by atoms with Crippen molar-refractivity contribution in [3.63, 3.8) is 0 Å². The Balaban J connectivity index is 2.28. The van der Waals surface area contributed by atoms with Crippen LogP contribution in [-0.4, -0.2) is 0 Å². The fourth-order valence-corrected chi connectivity index (χ4v) is 1.26. The van der Waals surface area contributed by atoms with Gasteiger partial charge in [-0.15, -0.1) is 0 Å². The smallest absolute Gasteiger partial charge is 0.125 e. The lowest BCUT2D eigenvalue weighted by Crippen LogP contribution is -2.09. The van der Waals surface area contributed by atoms with Crippen LogP contribution in [0.4, 0.5) is 0 Å². The number of furan rings is 2. The lowest BCUT2D eigenvalue weighted by atomic mass is 10.1. The largest absolute Gasteiger partial charge is 0.469 e. The van der Waals surface area contributed by atoms with E-state index in [0.717, 1.165) is 17.1 Å². The van der Waals surface area contributed by atoms with Crippen LogP contribution >= 0.6 is 0 Å². The quantitative estimate of drug-likeness (QED) is 0.765. The van der Waals surface area contributed by atoms with Gasteiger partial charge < -0.3 is 14.6 Å². The summed E-state index contributed by atoms with van der Waals surface area (Å²) in [6.45, 7) is 1.89. The Labute approximate surface area is 76.1 Å². The number of aryl methyl sites for hydroxylation is 1.